The van der Waals surface area contributed by atoms with Crippen molar-refractivity contribution in [3.05, 3.63) is 23.3 Å². The van der Waals surface area contributed by atoms with Gasteiger partial charge in [-0.3, -0.25) is 0 Å². The molecule has 0 saturated heterocycles. The fraction of sp³-hybridized carbons (Fsp3) is 0.556. The molecule has 2 unspecified atom stereocenters. The standard InChI is InChI=1S/C9HF11/c10-3-4(11)6(13)2(7(14,15)16)1-5(3,12)8(17,18)9(6,19)20/h1H. The van der Waals surface area contributed by atoms with Crippen LogP contribution in [0.25, 0.3) is 0 Å². The molecule has 20 heavy (non-hydrogen) atoms. The normalized spacial score (nSPS) is 39.0. The van der Waals surface area contributed by atoms with E-state index in [0.29, 0.717) is 0 Å². The van der Waals surface area contributed by atoms with Crippen molar-refractivity contribution in [2.75, 3.05) is 0 Å². The Morgan fingerprint density at radius 2 is 1.20 bits per heavy atom. The minimum absolute atomic E-state index is 1.39. The van der Waals surface area contributed by atoms with E-state index in [9.17, 15) is 48.3 Å². The maximum absolute atomic E-state index is 13.7. The molecule has 2 bridgehead atoms. The molecule has 0 fully saturated rings. The lowest BCUT2D eigenvalue weighted by Crippen LogP contribution is -2.73. The summed E-state index contributed by atoms with van der Waals surface area (Å²) in [5.41, 5.74) is -14.5. The molecule has 0 aromatic carbocycles. The van der Waals surface area contributed by atoms with Crippen LogP contribution in [0.15, 0.2) is 23.3 Å². The van der Waals surface area contributed by atoms with E-state index in [2.05, 4.69) is 0 Å². The molecule has 0 aromatic heterocycles. The number of allylic oxidation sites excluding steroid dienone is 4. The summed E-state index contributed by atoms with van der Waals surface area (Å²) in [6, 6.07) is 0. The number of hydrogen-bond acceptors (Lipinski definition) is 0. The number of fused-ring (bicyclic) bond motifs is 1. The molecule has 0 aliphatic heterocycles. The topological polar surface area (TPSA) is 0 Å². The summed E-state index contributed by atoms with van der Waals surface area (Å²) in [6.07, 6.45) is -7.49. The average Bonchev–Trinajstić information content (AvgIpc) is 2.27. The molecule has 0 aromatic rings. The largest absolute Gasteiger partial charge is 0.416 e. The van der Waals surface area contributed by atoms with Crippen LogP contribution in [-0.4, -0.2) is 29.4 Å². The predicted octanol–water partition coefficient (Wildman–Crippen LogP) is 4.34. The summed E-state index contributed by atoms with van der Waals surface area (Å²) in [6.45, 7) is 0. The van der Waals surface area contributed by atoms with Crippen molar-refractivity contribution in [3.8, 4) is 0 Å². The van der Waals surface area contributed by atoms with Gasteiger partial charge in [0.15, 0.2) is 11.7 Å². The van der Waals surface area contributed by atoms with Gasteiger partial charge < -0.3 is 0 Å². The Bertz CT molecular complexity index is 539. The van der Waals surface area contributed by atoms with Crippen LogP contribution in [0.3, 0.4) is 0 Å². The summed E-state index contributed by atoms with van der Waals surface area (Å²) < 4.78 is 143. The molecule has 0 N–H and O–H groups in total. The third kappa shape index (κ3) is 1.20. The smallest absolute Gasteiger partial charge is 0.224 e. The summed E-state index contributed by atoms with van der Waals surface area (Å²) in [4.78, 5) is 0. The van der Waals surface area contributed by atoms with Gasteiger partial charge in [0.25, 0.3) is 11.3 Å². The monoisotopic (exact) mass is 318 g/mol. The zero-order valence-corrected chi connectivity index (χ0v) is 8.73. The number of rotatable bonds is 0. The quantitative estimate of drug-likeness (QED) is 0.460. The number of alkyl halides is 9. The van der Waals surface area contributed by atoms with Gasteiger partial charge in [0.1, 0.15) is 0 Å². The van der Waals surface area contributed by atoms with Gasteiger partial charge in [0, 0.05) is 0 Å². The predicted molar refractivity (Wildman–Crippen MR) is 41.0 cm³/mol. The van der Waals surface area contributed by atoms with Gasteiger partial charge in [-0.15, -0.1) is 0 Å². The van der Waals surface area contributed by atoms with Crippen LogP contribution >= 0.6 is 0 Å². The van der Waals surface area contributed by atoms with Gasteiger partial charge in [-0.2, -0.15) is 30.7 Å². The van der Waals surface area contributed by atoms with Crippen LogP contribution < -0.4 is 0 Å². The van der Waals surface area contributed by atoms with E-state index in [-0.39, 0.29) is 0 Å². The number of hydrogen-bond donors (Lipinski definition) is 0. The van der Waals surface area contributed by atoms with Crippen molar-refractivity contribution < 1.29 is 48.3 Å². The van der Waals surface area contributed by atoms with Crippen LogP contribution in [0.1, 0.15) is 0 Å². The second-order valence-corrected chi connectivity index (χ2v) is 4.20. The van der Waals surface area contributed by atoms with E-state index in [0.717, 1.165) is 0 Å². The van der Waals surface area contributed by atoms with E-state index in [1.807, 2.05) is 0 Å². The minimum Gasteiger partial charge on any atom is -0.224 e. The molecule has 3 aliphatic carbocycles. The van der Waals surface area contributed by atoms with Crippen molar-refractivity contribution >= 4 is 0 Å². The molecule has 0 nitrogen and oxygen atoms in total. The maximum atomic E-state index is 13.7. The van der Waals surface area contributed by atoms with Gasteiger partial charge >= 0.3 is 18.0 Å². The molecular weight excluding hydrogens is 317 g/mol. The first kappa shape index (κ1) is 15.1. The summed E-state index contributed by atoms with van der Waals surface area (Å²) in [5.74, 6) is -19.6. The van der Waals surface area contributed by atoms with Crippen molar-refractivity contribution in [2.45, 2.75) is 29.4 Å². The molecule has 0 heterocycles. The lowest BCUT2D eigenvalue weighted by molar-refractivity contribution is -0.318. The van der Waals surface area contributed by atoms with Gasteiger partial charge in [-0.25, -0.2) is 17.6 Å². The van der Waals surface area contributed by atoms with E-state index in [1.54, 1.807) is 0 Å². The molecule has 114 valence electrons. The fourth-order valence-electron chi connectivity index (χ4n) is 2.05. The third-order valence-electron chi connectivity index (χ3n) is 3.12. The zero-order valence-electron chi connectivity index (χ0n) is 8.73. The third-order valence-corrected chi connectivity index (χ3v) is 3.12. The molecule has 0 radical (unpaired) electrons. The molecule has 3 aliphatic rings. The molecule has 2 atom stereocenters. The molecule has 11 heteroatoms. The molecule has 0 saturated carbocycles. The van der Waals surface area contributed by atoms with Crippen molar-refractivity contribution in [3.63, 3.8) is 0 Å². The Hall–Kier alpha value is -1.29. The minimum atomic E-state index is -6.46. The second kappa shape index (κ2) is 3.30. The molecular formula is C9HF11. The lowest BCUT2D eigenvalue weighted by Gasteiger charge is -2.50. The fourth-order valence-corrected chi connectivity index (χ4v) is 2.05. The van der Waals surface area contributed by atoms with E-state index in [4.69, 9.17) is 0 Å². The highest BCUT2D eigenvalue weighted by molar-refractivity contribution is 5.55. The Morgan fingerprint density at radius 3 is 1.60 bits per heavy atom. The van der Waals surface area contributed by atoms with Crippen LogP contribution in [0.5, 0.6) is 0 Å². The maximum Gasteiger partial charge on any atom is 0.416 e. The molecule has 0 spiro atoms. The van der Waals surface area contributed by atoms with Crippen LogP contribution in [0.2, 0.25) is 0 Å². The van der Waals surface area contributed by atoms with E-state index >= 15 is 0 Å². The highest BCUT2D eigenvalue weighted by atomic mass is 19.4. The Balaban J connectivity index is 2.93. The van der Waals surface area contributed by atoms with Crippen molar-refractivity contribution in [1.82, 2.24) is 0 Å². The van der Waals surface area contributed by atoms with E-state index < -0.39 is 52.7 Å². The van der Waals surface area contributed by atoms with Crippen molar-refractivity contribution in [1.29, 1.82) is 0 Å². The van der Waals surface area contributed by atoms with Crippen LogP contribution in [0, 0.1) is 0 Å². The van der Waals surface area contributed by atoms with E-state index in [1.165, 1.54) is 0 Å². The summed E-state index contributed by atoms with van der Waals surface area (Å²) in [5, 5.41) is 0. The molecule has 0 amide bonds. The molecule has 3 rings (SSSR count). The van der Waals surface area contributed by atoms with Crippen molar-refractivity contribution in [2.24, 2.45) is 0 Å². The van der Waals surface area contributed by atoms with Gasteiger partial charge in [0.2, 0.25) is 0 Å². The van der Waals surface area contributed by atoms with Gasteiger partial charge in [-0.05, 0) is 6.08 Å². The number of halogens is 11. The second-order valence-electron chi connectivity index (χ2n) is 4.20. The Kier molecular flexibility index (Phi) is 2.49. The lowest BCUT2D eigenvalue weighted by atomic mass is 9.66. The summed E-state index contributed by atoms with van der Waals surface area (Å²) in [7, 11) is 0. The first-order chi connectivity index (χ1) is 8.65. The first-order valence-electron chi connectivity index (χ1n) is 4.66. The Labute approximate surface area is 102 Å². The SMILES string of the molecule is FC1=C(F)C2(F)C(C(F)(F)F)=CC1(F)C(F)(F)C2(F)F. The average molecular weight is 318 g/mol. The van der Waals surface area contributed by atoms with Crippen LogP contribution in [0.4, 0.5) is 48.3 Å². The van der Waals surface area contributed by atoms with Gasteiger partial charge in [0.05, 0.1) is 5.57 Å². The highest BCUT2D eigenvalue weighted by Gasteiger charge is 2.90. The first-order valence-corrected chi connectivity index (χ1v) is 4.66. The summed E-state index contributed by atoms with van der Waals surface area (Å²) >= 11 is 0. The Morgan fingerprint density at radius 1 is 0.750 bits per heavy atom. The zero-order chi connectivity index (χ0) is 15.9. The highest BCUT2D eigenvalue weighted by Crippen LogP contribution is 2.69. The van der Waals surface area contributed by atoms with Crippen LogP contribution in [-0.2, 0) is 0 Å². The van der Waals surface area contributed by atoms with Gasteiger partial charge in [-0.1, -0.05) is 0 Å².